The van der Waals surface area contributed by atoms with Gasteiger partial charge in [-0.15, -0.1) is 11.6 Å². The molecule has 0 amide bonds. The monoisotopic (exact) mass is 207 g/mol. The molecule has 0 saturated carbocycles. The Labute approximate surface area is 87.0 Å². The van der Waals surface area contributed by atoms with Gasteiger partial charge in [-0.1, -0.05) is 13.8 Å². The van der Waals surface area contributed by atoms with Crippen molar-refractivity contribution in [3.63, 3.8) is 0 Å². The van der Waals surface area contributed by atoms with Gasteiger partial charge in [0.2, 0.25) is 0 Å². The Morgan fingerprint density at radius 2 is 2.08 bits per heavy atom. The zero-order chi connectivity index (χ0) is 10.1. The highest BCUT2D eigenvalue weighted by Crippen LogP contribution is 2.06. The maximum atomic E-state index is 5.71. The van der Waals surface area contributed by atoms with E-state index in [2.05, 4.69) is 19.2 Å². The Morgan fingerprint density at radius 1 is 1.38 bits per heavy atom. The van der Waals surface area contributed by atoms with Crippen LogP contribution in [0.2, 0.25) is 0 Å². The van der Waals surface area contributed by atoms with Gasteiger partial charge in [-0.3, -0.25) is 0 Å². The molecule has 0 saturated heterocycles. The first kappa shape index (κ1) is 13.2. The molecule has 0 bridgehead atoms. The van der Waals surface area contributed by atoms with Crippen molar-refractivity contribution < 1.29 is 4.74 Å². The van der Waals surface area contributed by atoms with Crippen molar-refractivity contribution in [3.05, 3.63) is 0 Å². The second-order valence-electron chi connectivity index (χ2n) is 3.48. The van der Waals surface area contributed by atoms with Crippen molar-refractivity contribution in [1.82, 2.24) is 5.32 Å². The van der Waals surface area contributed by atoms with E-state index in [9.17, 15) is 0 Å². The standard InChI is InChI=1S/C10H22ClNO/c1-4-13-8-7-12-10(5-6-11)9(2)3/h9-10,12H,4-8H2,1-3H3. The number of nitrogens with one attached hydrogen (secondary N) is 1. The molecule has 0 aromatic carbocycles. The summed E-state index contributed by atoms with van der Waals surface area (Å²) in [6.07, 6.45) is 1.03. The smallest absolute Gasteiger partial charge is 0.0590 e. The Kier molecular flexibility index (Phi) is 8.93. The molecule has 1 N–H and O–H groups in total. The molecular formula is C10H22ClNO. The van der Waals surface area contributed by atoms with Crippen LogP contribution in [0.15, 0.2) is 0 Å². The van der Waals surface area contributed by atoms with Gasteiger partial charge in [0, 0.05) is 25.1 Å². The fraction of sp³-hybridized carbons (Fsp3) is 1.00. The summed E-state index contributed by atoms with van der Waals surface area (Å²) >= 11 is 5.71. The number of ether oxygens (including phenoxy) is 1. The van der Waals surface area contributed by atoms with E-state index in [0.717, 1.165) is 32.1 Å². The number of halogens is 1. The average molecular weight is 208 g/mol. The van der Waals surface area contributed by atoms with Gasteiger partial charge in [-0.2, -0.15) is 0 Å². The minimum absolute atomic E-state index is 0.526. The molecular weight excluding hydrogens is 186 g/mol. The van der Waals surface area contributed by atoms with Gasteiger partial charge in [0.25, 0.3) is 0 Å². The van der Waals surface area contributed by atoms with E-state index >= 15 is 0 Å². The van der Waals surface area contributed by atoms with Gasteiger partial charge in [0.15, 0.2) is 0 Å². The van der Waals surface area contributed by atoms with Gasteiger partial charge >= 0.3 is 0 Å². The Hall–Kier alpha value is 0.210. The van der Waals surface area contributed by atoms with Gasteiger partial charge in [0.05, 0.1) is 6.61 Å². The average Bonchev–Trinajstić information content (AvgIpc) is 2.10. The van der Waals surface area contributed by atoms with Crippen LogP contribution < -0.4 is 5.32 Å². The predicted molar refractivity (Wildman–Crippen MR) is 58.5 cm³/mol. The summed E-state index contributed by atoms with van der Waals surface area (Å²) in [7, 11) is 0. The number of rotatable bonds is 8. The second kappa shape index (κ2) is 8.79. The zero-order valence-electron chi connectivity index (χ0n) is 8.98. The second-order valence-corrected chi connectivity index (χ2v) is 3.86. The lowest BCUT2D eigenvalue weighted by Crippen LogP contribution is -2.36. The summed E-state index contributed by atoms with van der Waals surface area (Å²) < 4.78 is 5.25. The van der Waals surface area contributed by atoms with Crippen molar-refractivity contribution in [2.45, 2.75) is 33.2 Å². The molecule has 80 valence electrons. The highest BCUT2D eigenvalue weighted by Gasteiger charge is 2.10. The van der Waals surface area contributed by atoms with Crippen LogP contribution in [0.5, 0.6) is 0 Å². The topological polar surface area (TPSA) is 21.3 Å². The van der Waals surface area contributed by atoms with Crippen LogP contribution in [0, 0.1) is 5.92 Å². The molecule has 0 fully saturated rings. The molecule has 2 nitrogen and oxygen atoms in total. The Bertz CT molecular complexity index is 109. The van der Waals surface area contributed by atoms with Crippen molar-refractivity contribution in [1.29, 1.82) is 0 Å². The summed E-state index contributed by atoms with van der Waals surface area (Å²) in [6.45, 7) is 8.95. The van der Waals surface area contributed by atoms with Crippen molar-refractivity contribution in [2.24, 2.45) is 5.92 Å². The quantitative estimate of drug-likeness (QED) is 0.487. The summed E-state index contributed by atoms with van der Waals surface area (Å²) in [6, 6.07) is 0.526. The van der Waals surface area contributed by atoms with Gasteiger partial charge < -0.3 is 10.1 Å². The number of hydrogen-bond acceptors (Lipinski definition) is 2. The van der Waals surface area contributed by atoms with Gasteiger partial charge in [0.1, 0.15) is 0 Å². The van der Waals surface area contributed by atoms with Crippen LogP contribution in [0.25, 0.3) is 0 Å². The highest BCUT2D eigenvalue weighted by molar-refractivity contribution is 6.17. The third-order valence-corrected chi connectivity index (χ3v) is 2.30. The molecule has 0 aromatic rings. The molecule has 0 aromatic heterocycles. The summed E-state index contributed by atoms with van der Waals surface area (Å²) in [5, 5.41) is 3.45. The molecule has 1 unspecified atom stereocenters. The number of alkyl halides is 1. The van der Waals surface area contributed by atoms with E-state index in [-0.39, 0.29) is 0 Å². The molecule has 0 aliphatic carbocycles. The van der Waals surface area contributed by atoms with E-state index in [0.29, 0.717) is 12.0 Å². The minimum atomic E-state index is 0.526. The molecule has 0 rings (SSSR count). The van der Waals surface area contributed by atoms with Crippen LogP contribution in [-0.2, 0) is 4.74 Å². The lowest BCUT2D eigenvalue weighted by atomic mass is 10.0. The Balaban J connectivity index is 3.45. The van der Waals surface area contributed by atoms with E-state index in [4.69, 9.17) is 16.3 Å². The van der Waals surface area contributed by atoms with E-state index in [1.165, 1.54) is 0 Å². The van der Waals surface area contributed by atoms with Crippen molar-refractivity contribution >= 4 is 11.6 Å². The lowest BCUT2D eigenvalue weighted by Gasteiger charge is -2.21. The van der Waals surface area contributed by atoms with Crippen LogP contribution >= 0.6 is 11.6 Å². The third kappa shape index (κ3) is 7.29. The highest BCUT2D eigenvalue weighted by atomic mass is 35.5. The largest absolute Gasteiger partial charge is 0.380 e. The van der Waals surface area contributed by atoms with Crippen molar-refractivity contribution in [3.8, 4) is 0 Å². The molecule has 13 heavy (non-hydrogen) atoms. The van der Waals surface area contributed by atoms with Gasteiger partial charge in [-0.05, 0) is 19.3 Å². The fourth-order valence-corrected chi connectivity index (χ4v) is 1.48. The molecule has 3 heteroatoms. The third-order valence-electron chi connectivity index (χ3n) is 2.08. The van der Waals surface area contributed by atoms with Crippen LogP contribution in [-0.4, -0.2) is 31.7 Å². The summed E-state index contributed by atoms with van der Waals surface area (Å²) in [5.74, 6) is 1.37. The van der Waals surface area contributed by atoms with E-state index < -0.39 is 0 Å². The minimum Gasteiger partial charge on any atom is -0.380 e. The maximum Gasteiger partial charge on any atom is 0.0590 e. The molecule has 0 spiro atoms. The molecule has 1 atom stereocenters. The Morgan fingerprint density at radius 3 is 2.54 bits per heavy atom. The normalized spacial score (nSPS) is 13.6. The van der Waals surface area contributed by atoms with E-state index in [1.807, 2.05) is 6.92 Å². The molecule has 0 radical (unpaired) electrons. The summed E-state index contributed by atoms with van der Waals surface area (Å²) in [5.41, 5.74) is 0. The predicted octanol–water partition coefficient (Wildman–Crippen LogP) is 2.27. The lowest BCUT2D eigenvalue weighted by molar-refractivity contribution is 0.144. The number of hydrogen-bond donors (Lipinski definition) is 1. The molecule has 0 aliphatic heterocycles. The van der Waals surface area contributed by atoms with Crippen LogP contribution in [0.1, 0.15) is 27.2 Å². The van der Waals surface area contributed by atoms with Crippen LogP contribution in [0.4, 0.5) is 0 Å². The zero-order valence-corrected chi connectivity index (χ0v) is 9.73. The van der Waals surface area contributed by atoms with Gasteiger partial charge in [-0.25, -0.2) is 0 Å². The first-order valence-corrected chi connectivity index (χ1v) is 5.62. The van der Waals surface area contributed by atoms with E-state index in [1.54, 1.807) is 0 Å². The first-order valence-electron chi connectivity index (χ1n) is 5.09. The molecule has 0 aliphatic rings. The van der Waals surface area contributed by atoms with Crippen LogP contribution in [0.3, 0.4) is 0 Å². The first-order chi connectivity index (χ1) is 6.22. The van der Waals surface area contributed by atoms with Crippen molar-refractivity contribution in [2.75, 3.05) is 25.6 Å². The maximum absolute atomic E-state index is 5.71. The fourth-order valence-electron chi connectivity index (χ4n) is 1.25. The molecule has 0 heterocycles. The summed E-state index contributed by atoms with van der Waals surface area (Å²) in [4.78, 5) is 0. The SMILES string of the molecule is CCOCCNC(CCCl)C(C)C.